The van der Waals surface area contributed by atoms with E-state index in [1.54, 1.807) is 0 Å². The Bertz CT molecular complexity index is 452. The number of aliphatic hydroxyl groups is 1. The number of hydrogen-bond donors (Lipinski definition) is 1. The van der Waals surface area contributed by atoms with Gasteiger partial charge in [0.15, 0.2) is 0 Å². The van der Waals surface area contributed by atoms with Crippen molar-refractivity contribution in [1.82, 2.24) is 5.01 Å². The van der Waals surface area contributed by atoms with Gasteiger partial charge < -0.3 is 5.11 Å². The van der Waals surface area contributed by atoms with Gasteiger partial charge in [0.25, 0.3) is 0 Å². The molecule has 0 fully saturated rings. The van der Waals surface area contributed by atoms with Crippen LogP contribution in [0.2, 0.25) is 0 Å². The van der Waals surface area contributed by atoms with Crippen LogP contribution >= 0.6 is 0 Å². The van der Waals surface area contributed by atoms with Crippen LogP contribution < -0.4 is 0 Å². The van der Waals surface area contributed by atoms with Crippen molar-refractivity contribution in [3.8, 4) is 12.8 Å². The molecule has 0 unspecified atom stereocenters. The van der Waals surface area contributed by atoms with Crippen LogP contribution in [0.25, 0.3) is 0 Å². The predicted octanol–water partition coefficient (Wildman–Crippen LogP) is 3.27. The average Bonchev–Trinajstić information content (AvgIpc) is 2.46. The molecule has 0 saturated heterocycles. The van der Waals surface area contributed by atoms with Crippen molar-refractivity contribution >= 4 is 5.71 Å². The summed E-state index contributed by atoms with van der Waals surface area (Å²) < 4.78 is 0. The molecule has 0 aliphatic carbocycles. The van der Waals surface area contributed by atoms with E-state index in [0.29, 0.717) is 0 Å². The zero-order chi connectivity index (χ0) is 16.5. The lowest BCUT2D eigenvalue weighted by molar-refractivity contribution is 0.251. The number of aliphatic hydroxyl groups excluding tert-OH is 1. The van der Waals surface area contributed by atoms with Crippen LogP contribution in [0.5, 0.6) is 0 Å². The number of hydrazone groups is 1. The molecule has 1 rings (SSSR count). The van der Waals surface area contributed by atoms with Crippen molar-refractivity contribution in [3.63, 3.8) is 0 Å². The monoisotopic (exact) mass is 288 g/mol. The van der Waals surface area contributed by atoms with Crippen molar-refractivity contribution in [2.75, 3.05) is 20.2 Å². The minimum absolute atomic E-state index is 0.182. The molecular weight excluding hydrogens is 260 g/mol. The molecule has 0 atom stereocenters. The Morgan fingerprint density at radius 2 is 1.71 bits per heavy atom. The smallest absolute Gasteiger partial charge is 0.0646 e. The van der Waals surface area contributed by atoms with Gasteiger partial charge in [0.1, 0.15) is 0 Å². The minimum atomic E-state index is 0.182. The molecule has 0 bridgehead atoms. The van der Waals surface area contributed by atoms with Crippen molar-refractivity contribution in [2.24, 2.45) is 5.10 Å². The first-order chi connectivity index (χ1) is 9.84. The van der Waals surface area contributed by atoms with E-state index in [2.05, 4.69) is 63.0 Å². The molecule has 0 spiro atoms. The molecular formula is C18H28N2O. The molecule has 116 valence electrons. The average molecular weight is 288 g/mol. The fraction of sp³-hybridized carbons (Fsp3) is 0.500. The number of benzene rings is 1. The van der Waals surface area contributed by atoms with Gasteiger partial charge in [-0.3, -0.25) is 5.01 Å². The fourth-order valence-electron chi connectivity index (χ4n) is 1.87. The van der Waals surface area contributed by atoms with E-state index in [0.717, 1.165) is 24.2 Å². The zero-order valence-electron chi connectivity index (χ0n) is 13.9. The highest BCUT2D eigenvalue weighted by Gasteiger charge is 2.13. The van der Waals surface area contributed by atoms with Gasteiger partial charge in [0.2, 0.25) is 0 Å². The van der Waals surface area contributed by atoms with Crippen LogP contribution in [0.4, 0.5) is 0 Å². The van der Waals surface area contributed by atoms with Crippen LogP contribution in [0.15, 0.2) is 29.4 Å². The van der Waals surface area contributed by atoms with E-state index >= 15 is 0 Å². The highest BCUT2D eigenvalue weighted by atomic mass is 16.3. The highest BCUT2D eigenvalue weighted by molar-refractivity contribution is 5.98. The second-order valence-corrected chi connectivity index (χ2v) is 5.97. The largest absolute Gasteiger partial charge is 0.396 e. The number of nitrogens with zero attached hydrogens (tertiary/aromatic N) is 2. The standard InChI is InChI=1S/C16H26N2O.C2H2/c1-13(17-18(5)11-6-12-19)14-7-9-15(10-8-14)16(2,3)4;1-2/h7-10,19H,6,11-12H2,1-5H3;1-2H/b17-13+;. The zero-order valence-corrected chi connectivity index (χ0v) is 13.9. The molecule has 0 aliphatic heterocycles. The van der Waals surface area contributed by atoms with Gasteiger partial charge in [-0.15, -0.1) is 12.8 Å². The lowest BCUT2D eigenvalue weighted by Crippen LogP contribution is -2.16. The summed E-state index contributed by atoms with van der Waals surface area (Å²) in [4.78, 5) is 0. The Labute approximate surface area is 129 Å². The molecule has 1 N–H and O–H groups in total. The van der Waals surface area contributed by atoms with Gasteiger partial charge in [-0.05, 0) is 29.9 Å². The third-order valence-electron chi connectivity index (χ3n) is 3.13. The number of rotatable bonds is 5. The maximum atomic E-state index is 8.80. The molecule has 0 amide bonds. The summed E-state index contributed by atoms with van der Waals surface area (Å²) in [5.74, 6) is 0. The van der Waals surface area contributed by atoms with Gasteiger partial charge in [-0.2, -0.15) is 5.10 Å². The number of terminal acetylenes is 1. The lowest BCUT2D eigenvalue weighted by Gasteiger charge is -2.19. The molecule has 0 aromatic heterocycles. The highest BCUT2D eigenvalue weighted by Crippen LogP contribution is 2.22. The summed E-state index contributed by atoms with van der Waals surface area (Å²) in [5.41, 5.74) is 3.66. The molecule has 1 aromatic carbocycles. The second-order valence-electron chi connectivity index (χ2n) is 5.97. The molecule has 0 aliphatic rings. The second kappa shape index (κ2) is 9.20. The first kappa shape index (κ1) is 19.2. The Hall–Kier alpha value is -1.79. The molecule has 21 heavy (non-hydrogen) atoms. The molecule has 0 radical (unpaired) electrons. The molecule has 0 heterocycles. The van der Waals surface area contributed by atoms with Crippen molar-refractivity contribution in [3.05, 3.63) is 35.4 Å². The van der Waals surface area contributed by atoms with Gasteiger partial charge in [-0.1, -0.05) is 45.0 Å². The van der Waals surface area contributed by atoms with Crippen LogP contribution in [0.3, 0.4) is 0 Å². The van der Waals surface area contributed by atoms with Crippen LogP contribution in [0.1, 0.15) is 45.2 Å². The van der Waals surface area contributed by atoms with Crippen LogP contribution in [-0.2, 0) is 5.41 Å². The lowest BCUT2D eigenvalue weighted by atomic mass is 9.86. The number of hydrogen-bond acceptors (Lipinski definition) is 3. The maximum Gasteiger partial charge on any atom is 0.0646 e. The Balaban J connectivity index is 0.00000191. The van der Waals surface area contributed by atoms with Crippen molar-refractivity contribution in [1.29, 1.82) is 0 Å². The summed E-state index contributed by atoms with van der Waals surface area (Å²) in [5, 5.41) is 15.2. The topological polar surface area (TPSA) is 35.8 Å². The van der Waals surface area contributed by atoms with E-state index < -0.39 is 0 Å². The van der Waals surface area contributed by atoms with Gasteiger partial charge in [0.05, 0.1) is 5.71 Å². The molecule has 1 aromatic rings. The fourth-order valence-corrected chi connectivity index (χ4v) is 1.87. The van der Waals surface area contributed by atoms with E-state index in [-0.39, 0.29) is 12.0 Å². The maximum absolute atomic E-state index is 8.80. The van der Waals surface area contributed by atoms with Gasteiger partial charge >= 0.3 is 0 Å². The minimum Gasteiger partial charge on any atom is -0.396 e. The van der Waals surface area contributed by atoms with Crippen molar-refractivity contribution < 1.29 is 5.11 Å². The van der Waals surface area contributed by atoms with Crippen molar-refractivity contribution in [2.45, 2.75) is 39.5 Å². The van der Waals surface area contributed by atoms with Crippen LogP contribution in [-0.4, -0.2) is 36.0 Å². The summed E-state index contributed by atoms with van der Waals surface area (Å²) in [6, 6.07) is 8.59. The molecule has 3 nitrogen and oxygen atoms in total. The first-order valence-electron chi connectivity index (χ1n) is 7.16. The summed E-state index contributed by atoms with van der Waals surface area (Å²) in [7, 11) is 1.93. The SMILES string of the molecule is C#C.C/C(=N\N(C)CCCO)c1ccc(C(C)(C)C)cc1. The molecule has 0 saturated carbocycles. The predicted molar refractivity (Wildman–Crippen MR) is 91.6 cm³/mol. The Morgan fingerprint density at radius 3 is 2.14 bits per heavy atom. The quantitative estimate of drug-likeness (QED) is 0.513. The van der Waals surface area contributed by atoms with E-state index in [9.17, 15) is 0 Å². The first-order valence-corrected chi connectivity index (χ1v) is 7.16. The van der Waals surface area contributed by atoms with E-state index in [4.69, 9.17) is 5.11 Å². The van der Waals surface area contributed by atoms with Gasteiger partial charge in [0, 0.05) is 20.2 Å². The van der Waals surface area contributed by atoms with Gasteiger partial charge in [-0.25, -0.2) is 0 Å². The summed E-state index contributed by atoms with van der Waals surface area (Å²) in [6.07, 6.45) is 8.75. The molecule has 3 heteroatoms. The summed E-state index contributed by atoms with van der Waals surface area (Å²) in [6.45, 7) is 9.64. The van der Waals surface area contributed by atoms with E-state index in [1.165, 1.54) is 5.56 Å². The Morgan fingerprint density at radius 1 is 1.19 bits per heavy atom. The van der Waals surface area contributed by atoms with E-state index in [1.807, 2.05) is 19.0 Å². The third kappa shape index (κ3) is 6.97. The normalized spacial score (nSPS) is 11.5. The third-order valence-corrected chi connectivity index (χ3v) is 3.13. The summed E-state index contributed by atoms with van der Waals surface area (Å²) >= 11 is 0. The van der Waals surface area contributed by atoms with Crippen LogP contribution in [0, 0.1) is 12.8 Å². The Kier molecular flexibility index (Phi) is 8.42.